The molecule has 3 rings (SSSR count). The fourth-order valence-corrected chi connectivity index (χ4v) is 2.27. The maximum absolute atomic E-state index is 11.0. The summed E-state index contributed by atoms with van der Waals surface area (Å²) in [7, 11) is 0. The van der Waals surface area contributed by atoms with Crippen LogP contribution in [0.25, 0.3) is 11.4 Å². The Labute approximate surface area is 107 Å². The van der Waals surface area contributed by atoms with Crippen molar-refractivity contribution in [2.45, 2.75) is 18.9 Å². The third-order valence-electron chi connectivity index (χ3n) is 2.96. The summed E-state index contributed by atoms with van der Waals surface area (Å²) in [6.07, 6.45) is 2.09. The number of rotatable bonds is 3. The molecule has 0 amide bonds. The molecule has 0 atom stereocenters. The van der Waals surface area contributed by atoms with Gasteiger partial charge in [0.15, 0.2) is 10.6 Å². The number of nitrogens with one attached hydrogen (secondary N) is 1. The zero-order chi connectivity index (χ0) is 12.7. The Balaban J connectivity index is 2.21. The summed E-state index contributed by atoms with van der Waals surface area (Å²) in [4.78, 5) is 10.6. The highest BCUT2D eigenvalue weighted by molar-refractivity contribution is 7.71. The van der Waals surface area contributed by atoms with E-state index in [2.05, 4.69) is 10.2 Å². The van der Waals surface area contributed by atoms with Crippen LogP contribution in [0.15, 0.2) is 24.3 Å². The lowest BCUT2D eigenvalue weighted by atomic mass is 10.1. The zero-order valence-corrected chi connectivity index (χ0v) is 10.2. The van der Waals surface area contributed by atoms with Crippen molar-refractivity contribution in [2.24, 2.45) is 0 Å². The van der Waals surface area contributed by atoms with Crippen LogP contribution in [0.5, 0.6) is 0 Å². The van der Waals surface area contributed by atoms with Crippen molar-refractivity contribution in [3.63, 3.8) is 0 Å². The number of nitro benzene ring substituents is 1. The average molecular weight is 262 g/mol. The Kier molecular flexibility index (Phi) is 2.48. The molecule has 0 radical (unpaired) electrons. The Bertz CT molecular complexity index is 672. The molecule has 0 bridgehead atoms. The quantitative estimate of drug-likeness (QED) is 0.524. The first-order chi connectivity index (χ1) is 8.68. The van der Waals surface area contributed by atoms with Crippen LogP contribution < -0.4 is 0 Å². The Morgan fingerprint density at radius 2 is 2.17 bits per heavy atom. The summed E-state index contributed by atoms with van der Waals surface area (Å²) < 4.78 is 2.39. The van der Waals surface area contributed by atoms with Crippen molar-refractivity contribution >= 4 is 17.9 Å². The summed E-state index contributed by atoms with van der Waals surface area (Å²) in [5, 5.41) is 17.9. The number of para-hydroxylation sites is 1. The first-order valence-corrected chi connectivity index (χ1v) is 6.00. The molecule has 6 nitrogen and oxygen atoms in total. The van der Waals surface area contributed by atoms with Gasteiger partial charge in [-0.05, 0) is 31.1 Å². The molecule has 1 saturated carbocycles. The van der Waals surface area contributed by atoms with E-state index in [1.54, 1.807) is 18.2 Å². The van der Waals surface area contributed by atoms with E-state index in [1.165, 1.54) is 6.07 Å². The molecule has 1 aliphatic rings. The minimum Gasteiger partial charge on any atom is -0.297 e. The van der Waals surface area contributed by atoms with E-state index in [4.69, 9.17) is 12.2 Å². The number of hydrogen-bond donors (Lipinski definition) is 1. The van der Waals surface area contributed by atoms with E-state index in [-0.39, 0.29) is 5.69 Å². The normalized spacial score (nSPS) is 14.7. The lowest BCUT2D eigenvalue weighted by Gasteiger charge is -2.05. The van der Waals surface area contributed by atoms with Crippen molar-refractivity contribution in [3.05, 3.63) is 39.2 Å². The third kappa shape index (κ3) is 1.72. The van der Waals surface area contributed by atoms with Gasteiger partial charge in [0.2, 0.25) is 0 Å². The number of nitrogens with zero attached hydrogens (tertiary/aromatic N) is 3. The molecule has 18 heavy (non-hydrogen) atoms. The van der Waals surface area contributed by atoms with E-state index >= 15 is 0 Å². The lowest BCUT2D eigenvalue weighted by Crippen LogP contribution is -2.00. The van der Waals surface area contributed by atoms with Crippen molar-refractivity contribution < 1.29 is 4.92 Å². The first-order valence-electron chi connectivity index (χ1n) is 5.59. The number of H-pyrrole nitrogens is 1. The van der Waals surface area contributed by atoms with Crippen LogP contribution in [0, 0.1) is 14.9 Å². The molecule has 1 aliphatic carbocycles. The maximum atomic E-state index is 11.0. The van der Waals surface area contributed by atoms with E-state index in [1.807, 2.05) is 4.57 Å². The predicted molar refractivity (Wildman–Crippen MR) is 67.8 cm³/mol. The summed E-state index contributed by atoms with van der Waals surface area (Å²) in [6.45, 7) is 0. The Morgan fingerprint density at radius 1 is 1.44 bits per heavy atom. The Morgan fingerprint density at radius 3 is 2.83 bits per heavy atom. The fraction of sp³-hybridized carbons (Fsp3) is 0.273. The van der Waals surface area contributed by atoms with Gasteiger partial charge in [0.1, 0.15) is 0 Å². The van der Waals surface area contributed by atoms with Crippen molar-refractivity contribution in [1.82, 2.24) is 14.8 Å². The van der Waals surface area contributed by atoms with Gasteiger partial charge in [-0.25, -0.2) is 0 Å². The molecule has 1 aromatic heterocycles. The number of nitro groups is 1. The van der Waals surface area contributed by atoms with E-state index < -0.39 is 4.92 Å². The summed E-state index contributed by atoms with van der Waals surface area (Å²) in [6, 6.07) is 6.90. The van der Waals surface area contributed by atoms with E-state index in [0.29, 0.717) is 22.2 Å². The highest BCUT2D eigenvalue weighted by Crippen LogP contribution is 2.39. The van der Waals surface area contributed by atoms with Gasteiger partial charge in [-0.2, -0.15) is 5.10 Å². The number of aromatic amines is 1. The molecule has 0 unspecified atom stereocenters. The van der Waals surface area contributed by atoms with Crippen molar-refractivity contribution in [2.75, 3.05) is 0 Å². The average Bonchev–Trinajstić information content (AvgIpc) is 3.12. The molecule has 7 heteroatoms. The third-order valence-corrected chi connectivity index (χ3v) is 3.25. The van der Waals surface area contributed by atoms with Gasteiger partial charge in [-0.1, -0.05) is 12.1 Å². The van der Waals surface area contributed by atoms with E-state index in [9.17, 15) is 10.1 Å². The van der Waals surface area contributed by atoms with Gasteiger partial charge in [-0.15, -0.1) is 0 Å². The van der Waals surface area contributed by atoms with Crippen molar-refractivity contribution in [3.8, 4) is 11.4 Å². The molecule has 92 valence electrons. The largest absolute Gasteiger partial charge is 0.297 e. The standard InChI is InChI=1S/C11H10N4O2S/c16-15(17)9-4-2-1-3-8(9)10-12-13-11(18)14(10)7-5-6-7/h1-4,7H,5-6H2,(H,13,18). The Hall–Kier alpha value is -2.02. The molecule has 1 aromatic carbocycles. The monoisotopic (exact) mass is 262 g/mol. The fourth-order valence-electron chi connectivity index (χ4n) is 1.99. The minimum atomic E-state index is -0.399. The number of benzene rings is 1. The van der Waals surface area contributed by atoms with Crippen LogP contribution in [-0.2, 0) is 0 Å². The molecule has 0 saturated heterocycles. The maximum Gasteiger partial charge on any atom is 0.280 e. The summed E-state index contributed by atoms with van der Waals surface area (Å²) >= 11 is 5.17. The molecule has 1 N–H and O–H groups in total. The van der Waals surface area contributed by atoms with Crippen LogP contribution in [0.1, 0.15) is 18.9 Å². The van der Waals surface area contributed by atoms with Crippen LogP contribution in [0.4, 0.5) is 5.69 Å². The van der Waals surface area contributed by atoms with Gasteiger partial charge < -0.3 is 0 Å². The molecule has 2 aromatic rings. The molecular weight excluding hydrogens is 252 g/mol. The van der Waals surface area contributed by atoms with Gasteiger partial charge >= 0.3 is 0 Å². The molecule has 0 spiro atoms. The lowest BCUT2D eigenvalue weighted by molar-refractivity contribution is -0.384. The summed E-state index contributed by atoms with van der Waals surface area (Å²) in [5.41, 5.74) is 0.551. The van der Waals surface area contributed by atoms with Crippen LogP contribution in [0.3, 0.4) is 0 Å². The summed E-state index contributed by atoms with van der Waals surface area (Å²) in [5.74, 6) is 0.551. The molecule has 0 aliphatic heterocycles. The highest BCUT2D eigenvalue weighted by Gasteiger charge is 2.29. The van der Waals surface area contributed by atoms with Gasteiger partial charge in [-0.3, -0.25) is 19.8 Å². The van der Waals surface area contributed by atoms with Crippen LogP contribution in [0.2, 0.25) is 0 Å². The van der Waals surface area contributed by atoms with Crippen molar-refractivity contribution in [1.29, 1.82) is 0 Å². The van der Waals surface area contributed by atoms with Gasteiger partial charge in [0.05, 0.1) is 10.5 Å². The number of aromatic nitrogens is 3. The molecular formula is C11H10N4O2S. The minimum absolute atomic E-state index is 0.0494. The predicted octanol–water partition coefficient (Wildman–Crippen LogP) is 2.85. The molecule has 1 fully saturated rings. The van der Waals surface area contributed by atoms with Gasteiger partial charge in [0.25, 0.3) is 5.69 Å². The number of hydrogen-bond acceptors (Lipinski definition) is 4. The SMILES string of the molecule is O=[N+]([O-])c1ccccc1-c1n[nH]c(=S)n1C1CC1. The van der Waals surface area contributed by atoms with E-state index in [0.717, 1.165) is 12.8 Å². The second kappa shape index (κ2) is 4.02. The zero-order valence-electron chi connectivity index (χ0n) is 9.37. The second-order valence-corrected chi connectivity index (χ2v) is 4.61. The smallest absolute Gasteiger partial charge is 0.280 e. The first kappa shape index (κ1) is 11.1. The van der Waals surface area contributed by atoms with Crippen LogP contribution >= 0.6 is 12.2 Å². The topological polar surface area (TPSA) is 76.8 Å². The molecule has 1 heterocycles. The van der Waals surface area contributed by atoms with Crippen LogP contribution in [-0.4, -0.2) is 19.7 Å². The van der Waals surface area contributed by atoms with Gasteiger partial charge in [0, 0.05) is 12.1 Å². The highest BCUT2D eigenvalue weighted by atomic mass is 32.1. The second-order valence-electron chi connectivity index (χ2n) is 4.23.